The molecule has 7 nitrogen and oxygen atoms in total. The third-order valence-electron chi connectivity index (χ3n) is 5.33. The highest BCUT2D eigenvalue weighted by Gasteiger charge is 2.31. The first-order valence-electron chi connectivity index (χ1n) is 11.2. The fourth-order valence-corrected chi connectivity index (χ4v) is 4.72. The smallest absolute Gasteiger partial charge is 0.244 e. The van der Waals surface area contributed by atoms with E-state index in [0.29, 0.717) is 21.3 Å². The van der Waals surface area contributed by atoms with E-state index in [4.69, 9.17) is 23.2 Å². The van der Waals surface area contributed by atoms with E-state index in [9.17, 15) is 18.0 Å². The number of benzene rings is 2. The van der Waals surface area contributed by atoms with Gasteiger partial charge in [0.05, 0.1) is 11.9 Å². The molecule has 0 aromatic heterocycles. The fraction of sp³-hybridized carbons (Fsp3) is 0.440. The number of sulfonamides is 1. The average molecular weight is 543 g/mol. The highest BCUT2D eigenvalue weighted by molar-refractivity contribution is 7.92. The Bertz CT molecular complexity index is 1160. The summed E-state index contributed by atoms with van der Waals surface area (Å²) < 4.78 is 26.3. The minimum absolute atomic E-state index is 0.0000600. The summed E-state index contributed by atoms with van der Waals surface area (Å²) in [7, 11) is -3.79. The van der Waals surface area contributed by atoms with Crippen molar-refractivity contribution in [2.45, 2.75) is 59.2 Å². The number of nitrogens with zero attached hydrogens (tertiary/aromatic N) is 2. The largest absolute Gasteiger partial charge is 0.350 e. The Hall–Kier alpha value is -2.29. The Morgan fingerprint density at radius 3 is 2.14 bits per heavy atom. The first-order chi connectivity index (χ1) is 16.1. The zero-order chi connectivity index (χ0) is 26.6. The molecule has 0 heterocycles. The molecule has 2 amide bonds. The quantitative estimate of drug-likeness (QED) is 0.500. The normalized spacial score (nSPS) is 12.7. The molecule has 1 atom stereocenters. The zero-order valence-corrected chi connectivity index (χ0v) is 23.3. The summed E-state index contributed by atoms with van der Waals surface area (Å²) in [5.74, 6) is -0.910. The Balaban J connectivity index is 2.43. The van der Waals surface area contributed by atoms with Crippen LogP contribution in [0, 0.1) is 0 Å². The summed E-state index contributed by atoms with van der Waals surface area (Å²) in [6, 6.07) is 11.0. The number of carbonyl (C=O) groups is 2. The molecule has 35 heavy (non-hydrogen) atoms. The van der Waals surface area contributed by atoms with Gasteiger partial charge in [0.25, 0.3) is 0 Å². The van der Waals surface area contributed by atoms with Crippen LogP contribution < -0.4 is 9.62 Å². The van der Waals surface area contributed by atoms with Gasteiger partial charge in [-0.15, -0.1) is 0 Å². The van der Waals surface area contributed by atoms with Gasteiger partial charge >= 0.3 is 0 Å². The highest BCUT2D eigenvalue weighted by Crippen LogP contribution is 2.24. The van der Waals surface area contributed by atoms with Gasteiger partial charge in [0.15, 0.2) is 0 Å². The molecule has 0 spiro atoms. The molecular weight excluding hydrogens is 509 g/mol. The second-order valence-electron chi connectivity index (χ2n) is 9.46. The standard InChI is InChI=1S/C25H33Cl2N3O4S/c1-7-18-8-12-21(13-9-18)30(35(6,33)34)16-23(31)29(17(2)24(32)28-25(3,4)5)15-19-10-11-20(26)14-22(19)27/h8-14,17H,7,15-16H2,1-6H3,(H,28,32)/t17-/m0/s1. The summed E-state index contributed by atoms with van der Waals surface area (Å²) in [6.07, 6.45) is 1.85. The number of aryl methyl sites for hydroxylation is 1. The van der Waals surface area contributed by atoms with E-state index in [0.717, 1.165) is 22.5 Å². The van der Waals surface area contributed by atoms with Crippen LogP contribution in [0.2, 0.25) is 10.0 Å². The van der Waals surface area contributed by atoms with Crippen molar-refractivity contribution in [3.63, 3.8) is 0 Å². The lowest BCUT2D eigenvalue weighted by molar-refractivity contribution is -0.140. The Morgan fingerprint density at radius 1 is 1.06 bits per heavy atom. The van der Waals surface area contributed by atoms with Gasteiger partial charge in [-0.3, -0.25) is 13.9 Å². The average Bonchev–Trinajstić information content (AvgIpc) is 2.74. The van der Waals surface area contributed by atoms with Crippen molar-refractivity contribution in [2.24, 2.45) is 0 Å². The van der Waals surface area contributed by atoms with Crippen LogP contribution in [-0.4, -0.2) is 49.5 Å². The number of hydrogen-bond acceptors (Lipinski definition) is 4. The summed E-state index contributed by atoms with van der Waals surface area (Å²) in [4.78, 5) is 27.9. The van der Waals surface area contributed by atoms with Crippen LogP contribution in [0.5, 0.6) is 0 Å². The lowest BCUT2D eigenvalue weighted by Gasteiger charge is -2.33. The van der Waals surface area contributed by atoms with Crippen LogP contribution in [0.25, 0.3) is 0 Å². The monoisotopic (exact) mass is 541 g/mol. The van der Waals surface area contributed by atoms with Crippen LogP contribution in [0.15, 0.2) is 42.5 Å². The minimum Gasteiger partial charge on any atom is -0.350 e. The number of anilines is 1. The summed E-state index contributed by atoms with van der Waals surface area (Å²) in [5.41, 5.74) is 1.48. The number of hydrogen-bond donors (Lipinski definition) is 1. The van der Waals surface area contributed by atoms with Crippen molar-refractivity contribution in [3.8, 4) is 0 Å². The molecule has 2 aromatic rings. The summed E-state index contributed by atoms with van der Waals surface area (Å²) >= 11 is 12.4. The first-order valence-corrected chi connectivity index (χ1v) is 13.8. The maximum absolute atomic E-state index is 13.6. The van der Waals surface area contributed by atoms with E-state index in [1.165, 1.54) is 4.90 Å². The summed E-state index contributed by atoms with van der Waals surface area (Å²) in [6.45, 7) is 8.64. The predicted octanol–water partition coefficient (Wildman–Crippen LogP) is 4.65. The van der Waals surface area contributed by atoms with Gasteiger partial charge in [0, 0.05) is 22.1 Å². The van der Waals surface area contributed by atoms with E-state index in [1.54, 1.807) is 37.3 Å². The maximum atomic E-state index is 13.6. The SMILES string of the molecule is CCc1ccc(N(CC(=O)N(Cc2ccc(Cl)cc2Cl)[C@@H](C)C(=O)NC(C)(C)C)S(C)(=O)=O)cc1. The highest BCUT2D eigenvalue weighted by atomic mass is 35.5. The number of carbonyl (C=O) groups excluding carboxylic acids is 2. The Labute approximate surface area is 218 Å². The molecular formula is C25H33Cl2N3O4S. The fourth-order valence-electron chi connectivity index (χ4n) is 3.40. The lowest BCUT2D eigenvalue weighted by atomic mass is 10.1. The molecule has 0 unspecified atom stereocenters. The molecule has 2 rings (SSSR count). The Morgan fingerprint density at radius 2 is 1.66 bits per heavy atom. The molecule has 0 radical (unpaired) electrons. The third kappa shape index (κ3) is 8.40. The van der Waals surface area contributed by atoms with Gasteiger partial charge in [-0.2, -0.15) is 0 Å². The molecule has 0 aliphatic carbocycles. The first kappa shape index (κ1) is 28.9. The molecule has 0 bridgehead atoms. The van der Waals surface area contributed by atoms with Gasteiger partial charge in [-0.05, 0) is 69.5 Å². The van der Waals surface area contributed by atoms with Crippen LogP contribution in [0.4, 0.5) is 5.69 Å². The van der Waals surface area contributed by atoms with Crippen molar-refractivity contribution in [2.75, 3.05) is 17.1 Å². The van der Waals surface area contributed by atoms with Gasteiger partial charge in [-0.1, -0.05) is 48.3 Å². The topological polar surface area (TPSA) is 86.8 Å². The molecule has 10 heteroatoms. The second kappa shape index (κ2) is 11.6. The number of rotatable bonds is 9. The molecule has 192 valence electrons. The van der Waals surface area contributed by atoms with E-state index in [-0.39, 0.29) is 12.5 Å². The van der Waals surface area contributed by atoms with Crippen molar-refractivity contribution < 1.29 is 18.0 Å². The molecule has 0 fully saturated rings. The third-order valence-corrected chi connectivity index (χ3v) is 7.06. The van der Waals surface area contributed by atoms with Gasteiger partial charge in [-0.25, -0.2) is 8.42 Å². The zero-order valence-electron chi connectivity index (χ0n) is 20.9. The molecule has 2 aromatic carbocycles. The number of amides is 2. The molecule has 0 aliphatic rings. The molecule has 0 aliphatic heterocycles. The van der Waals surface area contributed by atoms with Gasteiger partial charge in [0.1, 0.15) is 12.6 Å². The molecule has 0 saturated carbocycles. The lowest BCUT2D eigenvalue weighted by Crippen LogP contribution is -2.54. The molecule has 0 saturated heterocycles. The second-order valence-corrected chi connectivity index (χ2v) is 12.2. The molecule has 1 N–H and O–H groups in total. The summed E-state index contributed by atoms with van der Waals surface area (Å²) in [5, 5.41) is 3.65. The van der Waals surface area contributed by atoms with E-state index >= 15 is 0 Å². The van der Waals surface area contributed by atoms with E-state index in [1.807, 2.05) is 39.8 Å². The van der Waals surface area contributed by atoms with E-state index in [2.05, 4.69) is 5.32 Å². The Kier molecular flexibility index (Phi) is 9.62. The van der Waals surface area contributed by atoms with Crippen molar-refractivity contribution >= 4 is 50.7 Å². The van der Waals surface area contributed by atoms with E-state index < -0.39 is 34.1 Å². The van der Waals surface area contributed by atoms with Crippen LogP contribution in [0.3, 0.4) is 0 Å². The van der Waals surface area contributed by atoms with Crippen LogP contribution in [-0.2, 0) is 32.6 Å². The minimum atomic E-state index is -3.79. The van der Waals surface area contributed by atoms with Crippen molar-refractivity contribution in [1.29, 1.82) is 0 Å². The van der Waals surface area contributed by atoms with Gasteiger partial charge in [0.2, 0.25) is 21.8 Å². The maximum Gasteiger partial charge on any atom is 0.244 e. The van der Waals surface area contributed by atoms with Gasteiger partial charge < -0.3 is 10.2 Å². The van der Waals surface area contributed by atoms with Crippen LogP contribution in [0.1, 0.15) is 45.7 Å². The number of halogens is 2. The number of nitrogens with one attached hydrogen (secondary N) is 1. The van der Waals surface area contributed by atoms with Crippen molar-refractivity contribution in [1.82, 2.24) is 10.2 Å². The predicted molar refractivity (Wildman–Crippen MR) is 142 cm³/mol. The van der Waals surface area contributed by atoms with Crippen molar-refractivity contribution in [3.05, 3.63) is 63.6 Å². The van der Waals surface area contributed by atoms with Crippen LogP contribution >= 0.6 is 23.2 Å².